The first-order valence-electron chi connectivity index (χ1n) is 6.91. The molecule has 0 bridgehead atoms. The molecule has 0 fully saturated rings. The molecular formula is C15H20ClN3OS. The van der Waals surface area contributed by atoms with Crippen LogP contribution in [0.1, 0.15) is 28.5 Å². The Hall–Kier alpha value is -1.14. The summed E-state index contributed by atoms with van der Waals surface area (Å²) in [7, 11) is 0. The van der Waals surface area contributed by atoms with Crippen molar-refractivity contribution in [3.05, 3.63) is 46.5 Å². The summed E-state index contributed by atoms with van der Waals surface area (Å²) >= 11 is 1.53. The lowest BCUT2D eigenvalue weighted by Gasteiger charge is -2.28. The van der Waals surface area contributed by atoms with Gasteiger partial charge in [0.1, 0.15) is 0 Å². The minimum atomic E-state index is 0. The Morgan fingerprint density at radius 2 is 2.19 bits per heavy atom. The summed E-state index contributed by atoms with van der Waals surface area (Å²) in [5.74, 6) is 0. The predicted octanol–water partition coefficient (Wildman–Crippen LogP) is 2.63. The van der Waals surface area contributed by atoms with Crippen molar-refractivity contribution < 1.29 is 5.11 Å². The van der Waals surface area contributed by atoms with Gasteiger partial charge >= 0.3 is 0 Å². The number of nitrogens with two attached hydrogens (primary N) is 1. The fourth-order valence-electron chi connectivity index (χ4n) is 2.98. The molecule has 3 N–H and O–H groups in total. The van der Waals surface area contributed by atoms with E-state index in [0.717, 1.165) is 24.3 Å². The maximum Gasteiger partial charge on any atom is 0.180 e. The first kappa shape index (κ1) is 16.2. The molecule has 114 valence electrons. The highest BCUT2D eigenvalue weighted by Gasteiger charge is 2.27. The fraction of sp³-hybridized carbons (Fsp3) is 0.400. The Morgan fingerprint density at radius 1 is 1.38 bits per heavy atom. The minimum absolute atomic E-state index is 0. The monoisotopic (exact) mass is 325 g/mol. The lowest BCUT2D eigenvalue weighted by molar-refractivity contribution is 0.144. The van der Waals surface area contributed by atoms with Crippen molar-refractivity contribution in [3.8, 4) is 0 Å². The van der Waals surface area contributed by atoms with Crippen molar-refractivity contribution in [2.45, 2.75) is 25.4 Å². The van der Waals surface area contributed by atoms with Crippen LogP contribution in [0, 0.1) is 0 Å². The van der Waals surface area contributed by atoms with Gasteiger partial charge in [0.25, 0.3) is 0 Å². The zero-order valence-corrected chi connectivity index (χ0v) is 13.4. The molecule has 4 nitrogen and oxygen atoms in total. The molecule has 1 aromatic heterocycles. The second-order valence-electron chi connectivity index (χ2n) is 5.11. The van der Waals surface area contributed by atoms with Gasteiger partial charge in [-0.3, -0.25) is 4.90 Å². The number of anilines is 1. The van der Waals surface area contributed by atoms with E-state index in [9.17, 15) is 5.11 Å². The van der Waals surface area contributed by atoms with E-state index in [2.05, 4.69) is 34.1 Å². The number of nitrogens with zero attached hydrogens (tertiary/aromatic N) is 2. The number of hydrogen-bond acceptors (Lipinski definition) is 5. The molecule has 6 heteroatoms. The second-order valence-corrected chi connectivity index (χ2v) is 6.26. The third-order valence-electron chi connectivity index (χ3n) is 3.86. The van der Waals surface area contributed by atoms with Crippen LogP contribution in [0.4, 0.5) is 5.13 Å². The SMILES string of the molecule is Cl.Nc1ncc(CN(CCO)C2CCc3ccccc32)s1. The fourth-order valence-corrected chi connectivity index (χ4v) is 3.69. The molecule has 21 heavy (non-hydrogen) atoms. The number of aromatic nitrogens is 1. The topological polar surface area (TPSA) is 62.4 Å². The van der Waals surface area contributed by atoms with E-state index >= 15 is 0 Å². The summed E-state index contributed by atoms with van der Waals surface area (Å²) in [5.41, 5.74) is 8.53. The number of aliphatic hydroxyl groups is 1. The van der Waals surface area contributed by atoms with Crippen molar-refractivity contribution in [3.63, 3.8) is 0 Å². The van der Waals surface area contributed by atoms with Crippen molar-refractivity contribution in [1.29, 1.82) is 0 Å². The Bertz CT molecular complexity index is 590. The van der Waals surface area contributed by atoms with Crippen molar-refractivity contribution >= 4 is 28.9 Å². The largest absolute Gasteiger partial charge is 0.395 e. The molecule has 2 aromatic rings. The highest BCUT2D eigenvalue weighted by atomic mass is 35.5. The van der Waals surface area contributed by atoms with Crippen LogP contribution in [-0.4, -0.2) is 28.1 Å². The molecule has 1 aliphatic carbocycles. The van der Waals surface area contributed by atoms with E-state index in [0.29, 0.717) is 17.7 Å². The third-order valence-corrected chi connectivity index (χ3v) is 4.67. The lowest BCUT2D eigenvalue weighted by Crippen LogP contribution is -2.29. The molecule has 1 aliphatic rings. The summed E-state index contributed by atoms with van der Waals surface area (Å²) < 4.78 is 0. The van der Waals surface area contributed by atoms with E-state index in [-0.39, 0.29) is 19.0 Å². The Labute approximate surface area is 135 Å². The number of halogens is 1. The van der Waals surface area contributed by atoms with Crippen LogP contribution in [0.5, 0.6) is 0 Å². The molecule has 0 saturated heterocycles. The van der Waals surface area contributed by atoms with Gasteiger partial charge in [-0.1, -0.05) is 24.3 Å². The van der Waals surface area contributed by atoms with Gasteiger partial charge in [0.2, 0.25) is 0 Å². The van der Waals surface area contributed by atoms with Gasteiger partial charge in [0, 0.05) is 30.2 Å². The van der Waals surface area contributed by atoms with Gasteiger partial charge in [-0.25, -0.2) is 4.98 Å². The summed E-state index contributed by atoms with van der Waals surface area (Å²) in [6.45, 7) is 1.65. The average Bonchev–Trinajstić information content (AvgIpc) is 3.04. The van der Waals surface area contributed by atoms with E-state index in [1.807, 2.05) is 6.20 Å². The van der Waals surface area contributed by atoms with E-state index in [1.54, 1.807) is 0 Å². The summed E-state index contributed by atoms with van der Waals surface area (Å²) in [6.07, 6.45) is 4.08. The van der Waals surface area contributed by atoms with Gasteiger partial charge in [-0.15, -0.1) is 23.7 Å². The number of aryl methyl sites for hydroxylation is 1. The lowest BCUT2D eigenvalue weighted by atomic mass is 10.1. The van der Waals surface area contributed by atoms with Gasteiger partial charge < -0.3 is 10.8 Å². The van der Waals surface area contributed by atoms with Gasteiger partial charge in [0.15, 0.2) is 5.13 Å². The number of aliphatic hydroxyl groups excluding tert-OH is 1. The van der Waals surface area contributed by atoms with Crippen LogP contribution in [0.2, 0.25) is 0 Å². The van der Waals surface area contributed by atoms with Crippen LogP contribution in [-0.2, 0) is 13.0 Å². The molecule has 1 aromatic carbocycles. The Morgan fingerprint density at radius 3 is 2.90 bits per heavy atom. The van der Waals surface area contributed by atoms with Gasteiger partial charge in [-0.2, -0.15) is 0 Å². The zero-order chi connectivity index (χ0) is 13.9. The highest BCUT2D eigenvalue weighted by molar-refractivity contribution is 7.15. The summed E-state index contributed by atoms with van der Waals surface area (Å²) in [4.78, 5) is 7.59. The standard InChI is InChI=1S/C15H19N3OS.ClH/c16-15-17-9-12(20-15)10-18(7-8-19)14-6-5-11-3-1-2-4-13(11)14;/h1-4,9,14,19H,5-8,10H2,(H2,16,17);1H. The number of nitrogen functional groups attached to an aromatic ring is 1. The van der Waals surface area contributed by atoms with Crippen molar-refractivity contribution in [2.75, 3.05) is 18.9 Å². The molecule has 0 saturated carbocycles. The molecule has 1 atom stereocenters. The van der Waals surface area contributed by atoms with Crippen LogP contribution in [0.3, 0.4) is 0 Å². The number of thiazole rings is 1. The van der Waals surface area contributed by atoms with E-state index in [4.69, 9.17) is 5.73 Å². The first-order valence-corrected chi connectivity index (χ1v) is 7.72. The number of hydrogen-bond donors (Lipinski definition) is 2. The number of benzene rings is 1. The Kier molecular flexibility index (Phi) is 5.58. The van der Waals surface area contributed by atoms with Crippen LogP contribution >= 0.6 is 23.7 Å². The number of fused-ring (bicyclic) bond motifs is 1. The molecule has 1 unspecified atom stereocenters. The first-order chi connectivity index (χ1) is 9.78. The zero-order valence-electron chi connectivity index (χ0n) is 11.7. The van der Waals surface area contributed by atoms with Crippen LogP contribution < -0.4 is 5.73 Å². The van der Waals surface area contributed by atoms with Crippen LogP contribution in [0.15, 0.2) is 30.5 Å². The second kappa shape index (κ2) is 7.22. The smallest absolute Gasteiger partial charge is 0.180 e. The molecule has 1 heterocycles. The molecule has 0 spiro atoms. The minimum Gasteiger partial charge on any atom is -0.395 e. The Balaban J connectivity index is 0.00000161. The molecule has 3 rings (SSSR count). The van der Waals surface area contributed by atoms with Gasteiger partial charge in [0.05, 0.1) is 6.61 Å². The van der Waals surface area contributed by atoms with E-state index in [1.165, 1.54) is 22.5 Å². The third kappa shape index (κ3) is 3.55. The summed E-state index contributed by atoms with van der Waals surface area (Å²) in [5, 5.41) is 9.96. The van der Waals surface area contributed by atoms with Crippen molar-refractivity contribution in [1.82, 2.24) is 9.88 Å². The molecule has 0 aliphatic heterocycles. The number of rotatable bonds is 5. The van der Waals surface area contributed by atoms with Gasteiger partial charge in [-0.05, 0) is 24.0 Å². The molecular weight excluding hydrogens is 306 g/mol. The predicted molar refractivity (Wildman–Crippen MR) is 88.8 cm³/mol. The molecule has 0 radical (unpaired) electrons. The summed E-state index contributed by atoms with van der Waals surface area (Å²) in [6, 6.07) is 9.00. The average molecular weight is 326 g/mol. The maximum absolute atomic E-state index is 9.35. The van der Waals surface area contributed by atoms with Crippen LogP contribution in [0.25, 0.3) is 0 Å². The normalized spacial score (nSPS) is 16.8. The quantitative estimate of drug-likeness (QED) is 0.887. The maximum atomic E-state index is 9.35. The van der Waals surface area contributed by atoms with Crippen molar-refractivity contribution in [2.24, 2.45) is 0 Å². The highest BCUT2D eigenvalue weighted by Crippen LogP contribution is 2.36. The van der Waals surface area contributed by atoms with E-state index < -0.39 is 0 Å². The molecule has 0 amide bonds.